The van der Waals surface area contributed by atoms with E-state index in [4.69, 9.17) is 0 Å². The summed E-state index contributed by atoms with van der Waals surface area (Å²) in [6, 6.07) is 12.8. The predicted molar refractivity (Wildman–Crippen MR) is 116 cm³/mol. The summed E-state index contributed by atoms with van der Waals surface area (Å²) in [5.41, 5.74) is -0.662. The number of carbonyl (C=O) groups is 3. The minimum Gasteiger partial charge on any atom is -0.338 e. The molecule has 9 nitrogen and oxygen atoms in total. The van der Waals surface area contributed by atoms with Crippen LogP contribution in [0.4, 0.5) is 9.18 Å². The fourth-order valence-corrected chi connectivity index (χ4v) is 5.45. The van der Waals surface area contributed by atoms with E-state index in [0.29, 0.717) is 5.56 Å². The van der Waals surface area contributed by atoms with Gasteiger partial charge in [0.2, 0.25) is 15.9 Å². The van der Waals surface area contributed by atoms with Gasteiger partial charge in [-0.05, 0) is 30.7 Å². The highest BCUT2D eigenvalue weighted by Crippen LogP contribution is 2.28. The van der Waals surface area contributed by atoms with Gasteiger partial charge in [0.1, 0.15) is 17.9 Å². The molecular weight excluding hydrogens is 451 g/mol. The van der Waals surface area contributed by atoms with Crippen LogP contribution in [0.5, 0.6) is 0 Å². The van der Waals surface area contributed by atoms with Gasteiger partial charge in [-0.2, -0.15) is 4.31 Å². The summed E-state index contributed by atoms with van der Waals surface area (Å²) in [7, 11) is -3.89. The van der Waals surface area contributed by atoms with Crippen molar-refractivity contribution < 1.29 is 27.2 Å². The number of nitrogens with zero attached hydrogens (tertiary/aromatic N) is 3. The fourth-order valence-electron chi connectivity index (χ4n) is 4.00. The molecule has 0 bridgehead atoms. The molecule has 2 saturated heterocycles. The highest BCUT2D eigenvalue weighted by Gasteiger charge is 2.49. The molecule has 0 aliphatic carbocycles. The van der Waals surface area contributed by atoms with Crippen molar-refractivity contribution in [1.82, 2.24) is 19.4 Å². The largest absolute Gasteiger partial charge is 0.338 e. The number of rotatable bonds is 5. The molecule has 2 fully saturated rings. The standard InChI is InChI=1S/C22H23FN4O5S/c1-22(16-6-3-2-4-7-16)20(29)27(21(30)24-22)15-19(28)25-10-12-26(13-11-25)33(31,32)18-9-5-8-17(23)14-18/h2-9,14H,10-13,15H2,1H3,(H,24,30)/t22-/m1/s1. The first-order valence-corrected chi connectivity index (χ1v) is 11.8. The van der Waals surface area contributed by atoms with Gasteiger partial charge in [0.15, 0.2) is 0 Å². The molecule has 0 radical (unpaired) electrons. The highest BCUT2D eigenvalue weighted by molar-refractivity contribution is 7.89. The summed E-state index contributed by atoms with van der Waals surface area (Å²) in [5, 5.41) is 2.65. The van der Waals surface area contributed by atoms with Gasteiger partial charge in [-0.1, -0.05) is 36.4 Å². The summed E-state index contributed by atoms with van der Waals surface area (Å²) in [6.07, 6.45) is 0. The summed E-state index contributed by atoms with van der Waals surface area (Å²) in [4.78, 5) is 40.4. The van der Waals surface area contributed by atoms with Gasteiger partial charge in [0, 0.05) is 26.2 Å². The molecule has 1 N–H and O–H groups in total. The Kier molecular flexibility index (Phi) is 5.93. The number of sulfonamides is 1. The SMILES string of the molecule is C[C@]1(c2ccccc2)NC(=O)N(CC(=O)N2CCN(S(=O)(=O)c3cccc(F)c3)CC2)C1=O. The van der Waals surface area contributed by atoms with Gasteiger partial charge in [0.05, 0.1) is 4.90 Å². The lowest BCUT2D eigenvalue weighted by molar-refractivity contribution is -0.139. The van der Waals surface area contributed by atoms with E-state index in [9.17, 15) is 27.2 Å². The molecule has 2 aliphatic heterocycles. The molecule has 0 aromatic heterocycles. The van der Waals surface area contributed by atoms with Crippen LogP contribution in [0.15, 0.2) is 59.5 Å². The molecule has 4 amide bonds. The van der Waals surface area contributed by atoms with Crippen molar-refractivity contribution in [3.8, 4) is 0 Å². The van der Waals surface area contributed by atoms with Crippen LogP contribution in [0.1, 0.15) is 12.5 Å². The minimum absolute atomic E-state index is 0.0203. The number of amides is 4. The molecule has 11 heteroatoms. The van der Waals surface area contributed by atoms with Gasteiger partial charge >= 0.3 is 6.03 Å². The van der Waals surface area contributed by atoms with E-state index < -0.39 is 45.8 Å². The fraction of sp³-hybridized carbons (Fsp3) is 0.318. The topological polar surface area (TPSA) is 107 Å². The first kappa shape index (κ1) is 22.9. The lowest BCUT2D eigenvalue weighted by Gasteiger charge is -2.34. The maximum Gasteiger partial charge on any atom is 0.325 e. The van der Waals surface area contributed by atoms with Crippen LogP contribution < -0.4 is 5.32 Å². The van der Waals surface area contributed by atoms with Gasteiger partial charge in [-0.15, -0.1) is 0 Å². The molecule has 4 rings (SSSR count). The van der Waals surface area contributed by atoms with E-state index in [1.54, 1.807) is 37.3 Å². The average Bonchev–Trinajstić information content (AvgIpc) is 3.03. The second kappa shape index (κ2) is 8.56. The maximum atomic E-state index is 13.5. The Balaban J connectivity index is 1.40. The van der Waals surface area contributed by atoms with Crippen LogP contribution in [0.2, 0.25) is 0 Å². The van der Waals surface area contributed by atoms with Crippen LogP contribution in [0, 0.1) is 5.82 Å². The molecular formula is C22H23FN4O5S. The van der Waals surface area contributed by atoms with Crippen LogP contribution in [0.3, 0.4) is 0 Å². The zero-order valence-electron chi connectivity index (χ0n) is 17.9. The summed E-state index contributed by atoms with van der Waals surface area (Å²) in [6.45, 7) is 1.37. The Morgan fingerprint density at radius 3 is 2.33 bits per heavy atom. The van der Waals surface area contributed by atoms with Crippen LogP contribution in [-0.2, 0) is 25.2 Å². The number of nitrogens with one attached hydrogen (secondary N) is 1. The van der Waals surface area contributed by atoms with Crippen LogP contribution >= 0.6 is 0 Å². The quantitative estimate of drug-likeness (QED) is 0.654. The zero-order valence-corrected chi connectivity index (χ0v) is 18.7. The number of carbonyl (C=O) groups excluding carboxylic acids is 3. The second-order valence-corrected chi connectivity index (χ2v) is 9.99. The van der Waals surface area contributed by atoms with Crippen molar-refractivity contribution in [1.29, 1.82) is 0 Å². The van der Waals surface area contributed by atoms with Crippen molar-refractivity contribution in [3.05, 3.63) is 66.0 Å². The van der Waals surface area contributed by atoms with E-state index in [1.165, 1.54) is 21.3 Å². The third kappa shape index (κ3) is 4.21. The van der Waals surface area contributed by atoms with E-state index in [-0.39, 0.29) is 31.1 Å². The lowest BCUT2D eigenvalue weighted by Crippen LogP contribution is -2.53. The Hall–Kier alpha value is -3.31. The Bertz CT molecular complexity index is 1200. The Morgan fingerprint density at radius 2 is 1.70 bits per heavy atom. The first-order chi connectivity index (χ1) is 15.6. The number of hydrogen-bond donors (Lipinski definition) is 1. The van der Waals surface area contributed by atoms with Crippen LogP contribution in [-0.4, -0.2) is 73.1 Å². The lowest BCUT2D eigenvalue weighted by atomic mass is 9.92. The van der Waals surface area contributed by atoms with Crippen molar-refractivity contribution in [2.75, 3.05) is 32.7 Å². The number of urea groups is 1. The molecule has 2 aromatic carbocycles. The molecule has 174 valence electrons. The van der Waals surface area contributed by atoms with Crippen molar-refractivity contribution in [2.24, 2.45) is 0 Å². The molecule has 33 heavy (non-hydrogen) atoms. The van der Waals surface area contributed by atoms with Gasteiger partial charge in [-0.3, -0.25) is 14.5 Å². The minimum atomic E-state index is -3.89. The monoisotopic (exact) mass is 474 g/mol. The number of piperazine rings is 1. The average molecular weight is 475 g/mol. The number of halogens is 1. The second-order valence-electron chi connectivity index (χ2n) is 8.05. The van der Waals surface area contributed by atoms with E-state index in [1.807, 2.05) is 0 Å². The zero-order chi connectivity index (χ0) is 23.8. The molecule has 0 spiro atoms. The molecule has 2 aromatic rings. The highest BCUT2D eigenvalue weighted by atomic mass is 32.2. The third-order valence-electron chi connectivity index (χ3n) is 5.94. The van der Waals surface area contributed by atoms with E-state index in [0.717, 1.165) is 17.0 Å². The number of benzene rings is 2. The van der Waals surface area contributed by atoms with E-state index >= 15 is 0 Å². The summed E-state index contributed by atoms with van der Waals surface area (Å²) in [5.74, 6) is -1.64. The molecule has 1 atom stereocenters. The number of imide groups is 1. The Labute approximate surface area is 190 Å². The number of hydrogen-bond acceptors (Lipinski definition) is 5. The molecule has 2 heterocycles. The van der Waals surface area contributed by atoms with Crippen LogP contribution in [0.25, 0.3) is 0 Å². The smallest absolute Gasteiger partial charge is 0.325 e. The molecule has 0 unspecified atom stereocenters. The van der Waals surface area contributed by atoms with Crippen molar-refractivity contribution >= 4 is 27.9 Å². The first-order valence-electron chi connectivity index (χ1n) is 10.4. The Morgan fingerprint density at radius 1 is 1.03 bits per heavy atom. The summed E-state index contributed by atoms with van der Waals surface area (Å²) < 4.78 is 40.1. The van der Waals surface area contributed by atoms with Gasteiger partial charge in [0.25, 0.3) is 5.91 Å². The van der Waals surface area contributed by atoms with Gasteiger partial charge < -0.3 is 10.2 Å². The predicted octanol–water partition coefficient (Wildman–Crippen LogP) is 1.13. The summed E-state index contributed by atoms with van der Waals surface area (Å²) >= 11 is 0. The van der Waals surface area contributed by atoms with Crippen molar-refractivity contribution in [2.45, 2.75) is 17.4 Å². The normalized spacial score (nSPS) is 21.9. The van der Waals surface area contributed by atoms with Crippen molar-refractivity contribution in [3.63, 3.8) is 0 Å². The molecule has 2 aliphatic rings. The third-order valence-corrected chi connectivity index (χ3v) is 7.84. The van der Waals surface area contributed by atoms with E-state index in [2.05, 4.69) is 5.32 Å². The molecule has 0 saturated carbocycles. The maximum absolute atomic E-state index is 13.5. The van der Waals surface area contributed by atoms with Gasteiger partial charge in [-0.25, -0.2) is 17.6 Å².